The first kappa shape index (κ1) is 18.0. The van der Waals surface area contributed by atoms with Crippen LogP contribution in [0.2, 0.25) is 0 Å². The van der Waals surface area contributed by atoms with E-state index in [0.29, 0.717) is 19.0 Å². The second-order valence-electron chi connectivity index (χ2n) is 8.30. The molecule has 1 fully saturated rings. The Labute approximate surface area is 139 Å². The Bertz CT molecular complexity index is 538. The van der Waals surface area contributed by atoms with Crippen LogP contribution in [0.4, 0.5) is 0 Å². The number of hydrogen-bond donors (Lipinski definition) is 1. The Balaban J connectivity index is 2.46. The molecule has 1 heterocycles. The molecule has 0 radical (unpaired) electrons. The molecule has 1 aliphatic rings. The summed E-state index contributed by atoms with van der Waals surface area (Å²) in [6.07, 6.45) is -0.421. The average molecular weight is 319 g/mol. The Morgan fingerprint density at radius 3 is 1.78 bits per heavy atom. The molecule has 0 bridgehead atoms. The summed E-state index contributed by atoms with van der Waals surface area (Å²) in [5.74, 6) is 0.371. The molecule has 0 atom stereocenters. The molecular weight excluding hydrogens is 290 g/mol. The highest BCUT2D eigenvalue weighted by atomic mass is 16.7. The van der Waals surface area contributed by atoms with Gasteiger partial charge in [-0.25, -0.2) is 0 Å². The predicted octanol–water partition coefficient (Wildman–Crippen LogP) is 4.10. The van der Waals surface area contributed by atoms with Gasteiger partial charge in [-0.15, -0.1) is 0 Å². The maximum atomic E-state index is 10.8. The van der Waals surface area contributed by atoms with Crippen molar-refractivity contribution in [1.82, 2.24) is 0 Å². The number of aliphatic imine (C=N–C) groups is 1. The van der Waals surface area contributed by atoms with Gasteiger partial charge in [0.15, 0.2) is 6.29 Å². The first-order chi connectivity index (χ1) is 10.5. The van der Waals surface area contributed by atoms with Crippen LogP contribution < -0.4 is 0 Å². The SMILES string of the molecule is C=NC1COC(c2cc(C(C)(C)C)c(O)c(C(C)(C)C)c2)OC1. The van der Waals surface area contributed by atoms with Gasteiger partial charge in [0.25, 0.3) is 0 Å². The van der Waals surface area contributed by atoms with Crippen LogP contribution in [0.15, 0.2) is 17.1 Å². The number of nitrogens with zero attached hydrogens (tertiary/aromatic N) is 1. The Kier molecular flexibility index (Phi) is 4.88. The zero-order valence-electron chi connectivity index (χ0n) is 15.1. The van der Waals surface area contributed by atoms with Gasteiger partial charge < -0.3 is 14.6 Å². The Morgan fingerprint density at radius 2 is 1.43 bits per heavy atom. The summed E-state index contributed by atoms with van der Waals surface area (Å²) in [7, 11) is 0. The molecule has 1 aliphatic heterocycles. The molecule has 128 valence electrons. The summed E-state index contributed by atoms with van der Waals surface area (Å²) in [4.78, 5) is 3.96. The standard InChI is InChI=1S/C19H29NO3/c1-18(2,3)14-8-12(9-15(16(14)21)19(4,5)6)17-22-10-13(20-7)11-23-17/h8-9,13,17,21H,7,10-11H2,1-6H3. The molecule has 0 spiro atoms. The summed E-state index contributed by atoms with van der Waals surface area (Å²) < 4.78 is 11.6. The van der Waals surface area contributed by atoms with Gasteiger partial charge in [0.05, 0.1) is 19.3 Å². The van der Waals surface area contributed by atoms with Gasteiger partial charge in [0.1, 0.15) is 5.75 Å². The number of phenols is 1. The van der Waals surface area contributed by atoms with Gasteiger partial charge in [-0.1, -0.05) is 41.5 Å². The molecule has 0 aliphatic carbocycles. The highest BCUT2D eigenvalue weighted by Crippen LogP contribution is 2.41. The van der Waals surface area contributed by atoms with E-state index in [9.17, 15) is 5.11 Å². The third-order valence-corrected chi connectivity index (χ3v) is 4.16. The molecule has 0 unspecified atom stereocenters. The van der Waals surface area contributed by atoms with Crippen molar-refractivity contribution in [2.24, 2.45) is 4.99 Å². The molecule has 0 aromatic heterocycles. The van der Waals surface area contributed by atoms with E-state index in [1.54, 1.807) is 0 Å². The van der Waals surface area contributed by atoms with Crippen molar-refractivity contribution in [3.05, 3.63) is 28.8 Å². The number of hydrogen-bond acceptors (Lipinski definition) is 4. The molecular formula is C19H29NO3. The normalized spacial score (nSPS) is 22.9. The minimum atomic E-state index is -0.421. The molecule has 2 rings (SSSR count). The Hall–Kier alpha value is -1.39. The van der Waals surface area contributed by atoms with Crippen molar-refractivity contribution in [3.63, 3.8) is 0 Å². The maximum absolute atomic E-state index is 10.8. The highest BCUT2D eigenvalue weighted by Gasteiger charge is 2.30. The van der Waals surface area contributed by atoms with Crippen LogP contribution >= 0.6 is 0 Å². The molecule has 1 aromatic rings. The molecule has 1 aromatic carbocycles. The van der Waals surface area contributed by atoms with Crippen molar-refractivity contribution in [1.29, 1.82) is 0 Å². The first-order valence-corrected chi connectivity index (χ1v) is 8.11. The summed E-state index contributed by atoms with van der Waals surface area (Å²) in [6, 6.07) is 3.99. The van der Waals surface area contributed by atoms with Crippen LogP contribution in [0.3, 0.4) is 0 Å². The second-order valence-corrected chi connectivity index (χ2v) is 8.30. The minimum absolute atomic E-state index is 0.00691. The van der Waals surface area contributed by atoms with Crippen LogP contribution in [0.1, 0.15) is 64.5 Å². The smallest absolute Gasteiger partial charge is 0.184 e. The molecule has 23 heavy (non-hydrogen) atoms. The lowest BCUT2D eigenvalue weighted by molar-refractivity contribution is -0.189. The topological polar surface area (TPSA) is 51.0 Å². The van der Waals surface area contributed by atoms with Gasteiger partial charge in [0, 0.05) is 5.56 Å². The fourth-order valence-electron chi connectivity index (χ4n) is 2.73. The zero-order chi connectivity index (χ0) is 17.4. The number of rotatable bonds is 2. The van der Waals surface area contributed by atoms with Crippen molar-refractivity contribution in [2.75, 3.05) is 13.2 Å². The molecule has 4 nitrogen and oxygen atoms in total. The molecule has 1 saturated heterocycles. The van der Waals surface area contributed by atoms with Gasteiger partial charge in [0.2, 0.25) is 0 Å². The van der Waals surface area contributed by atoms with Crippen LogP contribution in [0, 0.1) is 0 Å². The Morgan fingerprint density at radius 1 is 1.00 bits per heavy atom. The van der Waals surface area contributed by atoms with Crippen molar-refractivity contribution < 1.29 is 14.6 Å². The van der Waals surface area contributed by atoms with E-state index < -0.39 is 6.29 Å². The lowest BCUT2D eigenvalue weighted by Crippen LogP contribution is -2.30. The summed E-state index contributed by atoms with van der Waals surface area (Å²) in [5.41, 5.74) is 2.44. The van der Waals surface area contributed by atoms with Gasteiger partial charge >= 0.3 is 0 Å². The molecule has 1 N–H and O–H groups in total. The van der Waals surface area contributed by atoms with Crippen molar-refractivity contribution in [2.45, 2.75) is 64.7 Å². The van der Waals surface area contributed by atoms with Crippen LogP contribution in [0.5, 0.6) is 5.75 Å². The zero-order valence-corrected chi connectivity index (χ0v) is 15.1. The fraction of sp³-hybridized carbons (Fsp3) is 0.632. The van der Waals surface area contributed by atoms with Gasteiger partial charge in [-0.2, -0.15) is 0 Å². The van der Waals surface area contributed by atoms with Crippen molar-refractivity contribution in [3.8, 4) is 5.75 Å². The minimum Gasteiger partial charge on any atom is -0.507 e. The van der Waals surface area contributed by atoms with E-state index in [0.717, 1.165) is 16.7 Å². The number of phenolic OH excluding ortho intramolecular Hbond substituents is 1. The molecule has 0 amide bonds. The fourth-order valence-corrected chi connectivity index (χ4v) is 2.73. The van der Waals surface area contributed by atoms with E-state index in [1.807, 2.05) is 12.1 Å². The molecule has 4 heteroatoms. The predicted molar refractivity (Wildman–Crippen MR) is 93.5 cm³/mol. The number of aromatic hydroxyl groups is 1. The van der Waals surface area contributed by atoms with E-state index in [4.69, 9.17) is 9.47 Å². The van der Waals surface area contributed by atoms with Gasteiger partial charge in [-0.05, 0) is 40.8 Å². The third-order valence-electron chi connectivity index (χ3n) is 4.16. The molecule has 0 saturated carbocycles. The second kappa shape index (κ2) is 6.25. The maximum Gasteiger partial charge on any atom is 0.184 e. The van der Waals surface area contributed by atoms with E-state index >= 15 is 0 Å². The monoisotopic (exact) mass is 319 g/mol. The third kappa shape index (κ3) is 3.93. The average Bonchev–Trinajstić information content (AvgIpc) is 2.45. The van der Waals surface area contributed by atoms with E-state index in [1.165, 1.54) is 0 Å². The summed E-state index contributed by atoms with van der Waals surface area (Å²) in [5, 5.41) is 10.8. The lowest BCUT2D eigenvalue weighted by Gasteiger charge is -2.32. The number of benzene rings is 1. The van der Waals surface area contributed by atoms with E-state index in [-0.39, 0.29) is 16.9 Å². The number of ether oxygens (including phenoxy) is 2. The summed E-state index contributed by atoms with van der Waals surface area (Å²) >= 11 is 0. The van der Waals surface area contributed by atoms with Crippen LogP contribution in [0.25, 0.3) is 0 Å². The largest absolute Gasteiger partial charge is 0.507 e. The van der Waals surface area contributed by atoms with Crippen LogP contribution in [-0.4, -0.2) is 31.1 Å². The lowest BCUT2D eigenvalue weighted by atomic mass is 9.78. The quantitative estimate of drug-likeness (QED) is 0.835. The first-order valence-electron chi connectivity index (χ1n) is 8.11. The van der Waals surface area contributed by atoms with Crippen molar-refractivity contribution >= 4 is 6.72 Å². The summed E-state index contributed by atoms with van der Waals surface area (Å²) in [6.45, 7) is 17.1. The highest BCUT2D eigenvalue weighted by molar-refractivity contribution is 5.50. The van der Waals surface area contributed by atoms with Gasteiger partial charge in [-0.3, -0.25) is 4.99 Å². The van der Waals surface area contributed by atoms with E-state index in [2.05, 4.69) is 53.3 Å². The van der Waals surface area contributed by atoms with Crippen LogP contribution in [-0.2, 0) is 20.3 Å².